The number of esters is 1. The van der Waals surface area contributed by atoms with Crippen LogP contribution in [0.15, 0.2) is 18.3 Å². The molecule has 2 atom stereocenters. The molecule has 1 fully saturated rings. The van der Waals surface area contributed by atoms with Crippen molar-refractivity contribution in [3.05, 3.63) is 23.9 Å². The molecule has 6 nitrogen and oxygen atoms in total. The highest BCUT2D eigenvalue weighted by molar-refractivity contribution is 5.83. The first-order valence-corrected chi connectivity index (χ1v) is 9.86. The van der Waals surface area contributed by atoms with E-state index >= 15 is 0 Å². The largest absolute Gasteiger partial charge is 0.490 e. The first-order chi connectivity index (χ1) is 12.8. The fourth-order valence-electron chi connectivity index (χ4n) is 3.65. The molecule has 0 spiro atoms. The van der Waals surface area contributed by atoms with Gasteiger partial charge in [0.1, 0.15) is 17.5 Å². The van der Waals surface area contributed by atoms with Gasteiger partial charge >= 0.3 is 5.97 Å². The van der Waals surface area contributed by atoms with Crippen LogP contribution in [0.25, 0.3) is 10.9 Å². The number of aromatic nitrogens is 2. The van der Waals surface area contributed by atoms with Gasteiger partial charge in [-0.05, 0) is 65.5 Å². The minimum atomic E-state index is -0.422. The second kappa shape index (κ2) is 8.30. The first kappa shape index (κ1) is 19.7. The number of fused-ring (bicyclic) bond motifs is 1. The number of H-pyrrole nitrogens is 1. The maximum absolute atomic E-state index is 11.8. The van der Waals surface area contributed by atoms with Crippen LogP contribution in [-0.4, -0.2) is 40.5 Å². The summed E-state index contributed by atoms with van der Waals surface area (Å²) >= 11 is 0. The molecule has 1 heterocycles. The van der Waals surface area contributed by atoms with Gasteiger partial charge in [-0.2, -0.15) is 5.10 Å². The molecule has 0 saturated heterocycles. The average molecular weight is 373 g/mol. The number of aromatic amines is 1. The highest BCUT2D eigenvalue weighted by Crippen LogP contribution is 2.30. The summed E-state index contributed by atoms with van der Waals surface area (Å²) in [4.78, 5) is 11.8. The fourth-order valence-corrected chi connectivity index (χ4v) is 3.65. The smallest absolute Gasteiger partial charge is 0.307 e. The molecule has 1 aromatic carbocycles. The Hall–Kier alpha value is -2.08. The van der Waals surface area contributed by atoms with Crippen molar-refractivity contribution in [2.45, 2.75) is 77.5 Å². The Kier molecular flexibility index (Phi) is 6.05. The highest BCUT2D eigenvalue weighted by atomic mass is 16.6. The topological polar surface area (TPSA) is 76.2 Å². The van der Waals surface area contributed by atoms with E-state index in [1.54, 1.807) is 0 Å². The molecular formula is C21H31N3O3. The number of hydrogen-bond donors (Lipinski definition) is 2. The standard InChI is InChI=1S/C21H31N3O3/c1-14-17-13-23-24-18(17)8-9-19(14)26-16-7-5-6-15(12-16)22-11-10-20(25)27-21(2,3)4/h8-9,13,15-16,22H,5-7,10-12H2,1-4H3,(H,23,24)/t15-,16+/m1/s1. The lowest BCUT2D eigenvalue weighted by Crippen LogP contribution is -2.39. The third-order valence-corrected chi connectivity index (χ3v) is 4.95. The molecule has 2 aromatic rings. The van der Waals surface area contributed by atoms with Crippen molar-refractivity contribution < 1.29 is 14.3 Å². The van der Waals surface area contributed by atoms with Gasteiger partial charge in [0.2, 0.25) is 0 Å². The molecule has 0 aliphatic heterocycles. The zero-order chi connectivity index (χ0) is 19.4. The van der Waals surface area contributed by atoms with Crippen LogP contribution in [-0.2, 0) is 9.53 Å². The van der Waals surface area contributed by atoms with E-state index in [1.165, 1.54) is 0 Å². The normalized spacial score (nSPS) is 20.6. The Balaban J connectivity index is 1.49. The number of rotatable bonds is 6. The summed E-state index contributed by atoms with van der Waals surface area (Å²) < 4.78 is 11.7. The molecule has 2 N–H and O–H groups in total. The van der Waals surface area contributed by atoms with E-state index in [0.29, 0.717) is 19.0 Å². The molecule has 1 aromatic heterocycles. The summed E-state index contributed by atoms with van der Waals surface area (Å²) in [6.45, 7) is 8.40. The number of nitrogens with zero attached hydrogens (tertiary/aromatic N) is 1. The van der Waals surface area contributed by atoms with Crippen molar-refractivity contribution in [1.82, 2.24) is 15.5 Å². The summed E-state index contributed by atoms with van der Waals surface area (Å²) in [5.74, 6) is 0.783. The first-order valence-electron chi connectivity index (χ1n) is 9.86. The van der Waals surface area contributed by atoms with E-state index in [0.717, 1.165) is 47.9 Å². The number of ether oxygens (including phenoxy) is 2. The van der Waals surface area contributed by atoms with Crippen LogP contribution >= 0.6 is 0 Å². The Labute approximate surface area is 161 Å². The van der Waals surface area contributed by atoms with Crippen LogP contribution < -0.4 is 10.1 Å². The van der Waals surface area contributed by atoms with Gasteiger partial charge in [-0.3, -0.25) is 9.89 Å². The van der Waals surface area contributed by atoms with Crippen molar-refractivity contribution >= 4 is 16.9 Å². The third-order valence-electron chi connectivity index (χ3n) is 4.95. The maximum Gasteiger partial charge on any atom is 0.307 e. The minimum absolute atomic E-state index is 0.150. The van der Waals surface area contributed by atoms with Crippen LogP contribution in [0.5, 0.6) is 5.75 Å². The molecule has 6 heteroatoms. The van der Waals surface area contributed by atoms with Gasteiger partial charge in [0.05, 0.1) is 18.1 Å². The number of carbonyl (C=O) groups excluding carboxylic acids is 1. The summed E-state index contributed by atoms with van der Waals surface area (Å²) in [6.07, 6.45) is 6.70. The van der Waals surface area contributed by atoms with Gasteiger partial charge in [0.25, 0.3) is 0 Å². The summed E-state index contributed by atoms with van der Waals surface area (Å²) in [5.41, 5.74) is 1.74. The Morgan fingerprint density at radius 2 is 2.15 bits per heavy atom. The Bertz CT molecular complexity index is 779. The minimum Gasteiger partial charge on any atom is -0.490 e. The van der Waals surface area contributed by atoms with E-state index < -0.39 is 5.60 Å². The lowest BCUT2D eigenvalue weighted by molar-refractivity contribution is -0.154. The SMILES string of the molecule is Cc1c(O[C@H]2CCC[C@@H](NCCC(=O)OC(C)(C)C)C2)ccc2[nH]ncc12. The van der Waals surface area contributed by atoms with Gasteiger partial charge in [-0.1, -0.05) is 0 Å². The molecule has 0 bridgehead atoms. The molecule has 1 aliphatic rings. The predicted molar refractivity (Wildman–Crippen MR) is 106 cm³/mol. The maximum atomic E-state index is 11.8. The molecular weight excluding hydrogens is 342 g/mol. The number of hydrogen-bond acceptors (Lipinski definition) is 5. The fraction of sp³-hybridized carbons (Fsp3) is 0.619. The molecule has 0 amide bonds. The summed E-state index contributed by atoms with van der Waals surface area (Å²) in [7, 11) is 0. The molecule has 0 radical (unpaired) electrons. The van der Waals surface area contributed by atoms with E-state index in [4.69, 9.17) is 9.47 Å². The summed E-state index contributed by atoms with van der Waals surface area (Å²) in [6, 6.07) is 4.42. The van der Waals surface area contributed by atoms with Gasteiger partial charge in [-0.15, -0.1) is 0 Å². The summed E-state index contributed by atoms with van der Waals surface area (Å²) in [5, 5.41) is 11.7. The quantitative estimate of drug-likeness (QED) is 0.752. The van der Waals surface area contributed by atoms with Crippen molar-refractivity contribution in [1.29, 1.82) is 0 Å². The van der Waals surface area contributed by atoms with Crippen LogP contribution in [0.2, 0.25) is 0 Å². The van der Waals surface area contributed by atoms with Gasteiger partial charge in [-0.25, -0.2) is 0 Å². The lowest BCUT2D eigenvalue weighted by atomic mass is 9.92. The number of aryl methyl sites for hydroxylation is 1. The van der Waals surface area contributed by atoms with E-state index in [1.807, 2.05) is 39.1 Å². The third kappa shape index (κ3) is 5.45. The highest BCUT2D eigenvalue weighted by Gasteiger charge is 2.24. The van der Waals surface area contributed by atoms with Gasteiger partial charge < -0.3 is 14.8 Å². The molecule has 1 aliphatic carbocycles. The second-order valence-corrected chi connectivity index (χ2v) is 8.41. The van der Waals surface area contributed by atoms with E-state index in [9.17, 15) is 4.79 Å². The van der Waals surface area contributed by atoms with Crippen molar-refractivity contribution in [3.8, 4) is 5.75 Å². The average Bonchev–Trinajstić information content (AvgIpc) is 3.06. The van der Waals surface area contributed by atoms with Crippen LogP contribution in [0.1, 0.15) is 58.4 Å². The molecule has 1 saturated carbocycles. The van der Waals surface area contributed by atoms with Crippen LogP contribution in [0, 0.1) is 6.92 Å². The van der Waals surface area contributed by atoms with Crippen LogP contribution in [0.3, 0.4) is 0 Å². The second-order valence-electron chi connectivity index (χ2n) is 8.41. The monoisotopic (exact) mass is 373 g/mol. The number of benzene rings is 1. The van der Waals surface area contributed by atoms with Crippen LogP contribution in [0.4, 0.5) is 0 Å². The van der Waals surface area contributed by atoms with E-state index in [2.05, 4.69) is 22.4 Å². The lowest BCUT2D eigenvalue weighted by Gasteiger charge is -2.31. The zero-order valence-corrected chi connectivity index (χ0v) is 16.8. The van der Waals surface area contributed by atoms with E-state index in [-0.39, 0.29) is 12.1 Å². The van der Waals surface area contributed by atoms with Gasteiger partial charge in [0, 0.05) is 23.5 Å². The van der Waals surface area contributed by atoms with Gasteiger partial charge in [0.15, 0.2) is 0 Å². The predicted octanol–water partition coefficient (Wildman–Crippen LogP) is 3.88. The Morgan fingerprint density at radius 1 is 1.33 bits per heavy atom. The van der Waals surface area contributed by atoms with Crippen molar-refractivity contribution in [2.75, 3.05) is 6.54 Å². The molecule has 0 unspecified atom stereocenters. The van der Waals surface area contributed by atoms with Crippen molar-refractivity contribution in [3.63, 3.8) is 0 Å². The molecule has 148 valence electrons. The zero-order valence-electron chi connectivity index (χ0n) is 16.8. The van der Waals surface area contributed by atoms with Crippen molar-refractivity contribution in [2.24, 2.45) is 0 Å². The Morgan fingerprint density at radius 3 is 2.93 bits per heavy atom. The number of carbonyl (C=O) groups is 1. The molecule has 3 rings (SSSR count). The molecule has 27 heavy (non-hydrogen) atoms. The number of nitrogens with one attached hydrogen (secondary N) is 2.